The fraction of sp³-hybridized carbons (Fsp3) is 0.500. The molecule has 0 amide bonds. The number of halogens is 1. The van der Waals surface area contributed by atoms with Crippen LogP contribution in [0.4, 0.5) is 10.2 Å². The second-order valence-electron chi connectivity index (χ2n) is 8.91. The molecule has 1 fully saturated rings. The first-order valence-corrected chi connectivity index (χ1v) is 14.4. The van der Waals surface area contributed by atoms with Crippen LogP contribution in [0.3, 0.4) is 0 Å². The minimum Gasteiger partial charge on any atom is -0.404 e. The molecule has 1 aliphatic rings. The van der Waals surface area contributed by atoms with Gasteiger partial charge in [-0.05, 0) is 18.2 Å². The molecule has 0 saturated carbocycles. The number of nitrogens with zero attached hydrogens (tertiary/aromatic N) is 2. The van der Waals surface area contributed by atoms with Gasteiger partial charge < -0.3 is 15.4 Å². The van der Waals surface area contributed by atoms with Crippen molar-refractivity contribution in [3.05, 3.63) is 53.1 Å². The van der Waals surface area contributed by atoms with E-state index in [0.717, 1.165) is 28.1 Å². The van der Waals surface area contributed by atoms with E-state index in [1.54, 1.807) is 51.1 Å². The molecule has 3 N–H and O–H groups in total. The van der Waals surface area contributed by atoms with Gasteiger partial charge in [-0.2, -0.15) is 4.98 Å². The summed E-state index contributed by atoms with van der Waals surface area (Å²) in [5, 5.41) is 8.41. The van der Waals surface area contributed by atoms with Crippen molar-refractivity contribution in [3.63, 3.8) is 0 Å². The molecular weight excluding hydrogens is 532 g/mol. The van der Waals surface area contributed by atoms with Crippen molar-refractivity contribution in [2.24, 2.45) is 5.41 Å². The Hall–Kier alpha value is -1.89. The molecule has 1 unspecified atom stereocenters. The highest BCUT2D eigenvalue weighted by Crippen LogP contribution is 2.52. The number of anilines is 1. The van der Waals surface area contributed by atoms with Gasteiger partial charge in [-0.1, -0.05) is 50.7 Å². The second-order valence-corrected chi connectivity index (χ2v) is 12.9. The predicted octanol–water partition coefficient (Wildman–Crippen LogP) is 3.66. The van der Waals surface area contributed by atoms with E-state index in [-0.39, 0.29) is 29.0 Å². The smallest absolute Gasteiger partial charge is 0.404 e. The number of carbonyl (C=O) groups excluding carboxylic acids is 1. The van der Waals surface area contributed by atoms with Crippen molar-refractivity contribution < 1.29 is 32.4 Å². The van der Waals surface area contributed by atoms with Crippen LogP contribution in [0.1, 0.15) is 26.1 Å². The zero-order valence-electron chi connectivity index (χ0n) is 20.0. The van der Waals surface area contributed by atoms with Crippen molar-refractivity contribution in [1.29, 1.82) is 0 Å². The summed E-state index contributed by atoms with van der Waals surface area (Å²) in [5.41, 5.74) is 4.19. The van der Waals surface area contributed by atoms with Crippen LogP contribution in [-0.2, 0) is 18.4 Å². The molecule has 198 valence electrons. The molecule has 1 aromatic heterocycles. The molecular formula is C22H29FN3O7PS2. The van der Waals surface area contributed by atoms with E-state index in [1.807, 2.05) is 0 Å². The first kappa shape index (κ1) is 28.7. The lowest BCUT2D eigenvalue weighted by molar-refractivity contribution is -0.117. The minimum atomic E-state index is -4.22. The summed E-state index contributed by atoms with van der Waals surface area (Å²) in [4.78, 5) is 27.8. The normalized spacial score (nSPS) is 23.8. The predicted molar refractivity (Wildman–Crippen MR) is 138 cm³/mol. The zero-order chi connectivity index (χ0) is 26.5. The van der Waals surface area contributed by atoms with Crippen LogP contribution in [0.25, 0.3) is 0 Å². The fourth-order valence-electron chi connectivity index (χ4n) is 3.05. The highest BCUT2D eigenvalue weighted by atomic mass is 32.2. The molecule has 0 radical (unpaired) electrons. The Bertz CT molecular complexity index is 1150. The van der Waals surface area contributed by atoms with E-state index in [9.17, 15) is 23.7 Å². The van der Waals surface area contributed by atoms with Crippen LogP contribution < -0.4 is 15.9 Å². The quantitative estimate of drug-likeness (QED) is 0.324. The number of aromatic nitrogens is 2. The van der Waals surface area contributed by atoms with Gasteiger partial charge in [0.15, 0.2) is 11.3 Å². The van der Waals surface area contributed by atoms with Crippen LogP contribution in [0.5, 0.6) is 5.75 Å². The molecule has 0 aliphatic carbocycles. The van der Waals surface area contributed by atoms with Gasteiger partial charge in [0.2, 0.25) is 0 Å². The van der Waals surface area contributed by atoms with E-state index in [0.29, 0.717) is 0 Å². The number of phosphoric ester groups is 1. The Morgan fingerprint density at radius 1 is 1.28 bits per heavy atom. The molecule has 36 heavy (non-hydrogen) atoms. The molecule has 0 bridgehead atoms. The van der Waals surface area contributed by atoms with Gasteiger partial charge in [0.25, 0.3) is 0 Å². The number of hydrogen-bond acceptors (Lipinski definition) is 11. The molecule has 1 saturated heterocycles. The molecule has 3 rings (SSSR count). The van der Waals surface area contributed by atoms with Gasteiger partial charge in [0.1, 0.15) is 23.0 Å². The number of phosphoric acid groups is 1. The number of para-hydroxylation sites is 1. The van der Waals surface area contributed by atoms with Gasteiger partial charge in [-0.25, -0.2) is 13.8 Å². The number of benzene rings is 1. The number of carbonyl (C=O) groups is 1. The summed E-state index contributed by atoms with van der Waals surface area (Å²) in [7, 11) is -4.22. The van der Waals surface area contributed by atoms with Crippen LogP contribution in [0.2, 0.25) is 0 Å². The number of nitrogen functional groups attached to an aromatic ring is 1. The molecule has 2 heterocycles. The van der Waals surface area contributed by atoms with Gasteiger partial charge >= 0.3 is 13.5 Å². The summed E-state index contributed by atoms with van der Waals surface area (Å²) >= 11 is 1.97. The summed E-state index contributed by atoms with van der Waals surface area (Å²) in [5.74, 6) is 0.428. The fourth-order valence-corrected chi connectivity index (χ4v) is 6.70. The number of nitrogens with two attached hydrogens (primary N) is 1. The van der Waals surface area contributed by atoms with E-state index in [1.165, 1.54) is 12.3 Å². The Morgan fingerprint density at radius 2 is 1.97 bits per heavy atom. The van der Waals surface area contributed by atoms with Crippen LogP contribution in [0, 0.1) is 5.41 Å². The van der Waals surface area contributed by atoms with Crippen LogP contribution in [0.15, 0.2) is 47.4 Å². The maximum absolute atomic E-state index is 14.9. The Labute approximate surface area is 216 Å². The number of hydrogen-bond donors (Lipinski definition) is 2. The van der Waals surface area contributed by atoms with E-state index in [2.05, 4.69) is 4.98 Å². The Kier molecular flexibility index (Phi) is 9.64. The van der Waals surface area contributed by atoms with Crippen molar-refractivity contribution in [2.75, 3.05) is 24.7 Å². The highest BCUT2D eigenvalue weighted by Gasteiger charge is 2.46. The lowest BCUT2D eigenvalue weighted by Gasteiger charge is -2.21. The average molecular weight is 562 g/mol. The summed E-state index contributed by atoms with van der Waals surface area (Å²) in [6.45, 7) is 4.87. The first-order chi connectivity index (χ1) is 16.9. The molecule has 0 spiro atoms. The maximum Gasteiger partial charge on any atom is 0.530 e. The molecule has 1 aromatic carbocycles. The Balaban J connectivity index is 1.67. The summed E-state index contributed by atoms with van der Waals surface area (Å²) in [6, 6.07) is 9.56. The van der Waals surface area contributed by atoms with Crippen LogP contribution >= 0.6 is 31.3 Å². The van der Waals surface area contributed by atoms with Crippen molar-refractivity contribution in [1.82, 2.24) is 9.55 Å². The number of thioether (sulfide) groups is 2. The van der Waals surface area contributed by atoms with E-state index >= 15 is 0 Å². The van der Waals surface area contributed by atoms with Crippen molar-refractivity contribution in [2.45, 2.75) is 43.7 Å². The SMILES string of the molecule is CC(C)(C)C(=O)SCCOP(=O)(OC[C@H]1S[C@@H](n2ccc(N)nc2=O)[C@@H](F)[C@@H]1O)Oc1ccccc1. The first-order valence-electron chi connectivity index (χ1n) is 11.0. The highest BCUT2D eigenvalue weighted by molar-refractivity contribution is 8.13. The lowest BCUT2D eigenvalue weighted by atomic mass is 10.00. The number of aliphatic hydroxyl groups excluding tert-OH is 1. The average Bonchev–Trinajstić information content (AvgIpc) is 3.09. The van der Waals surface area contributed by atoms with Gasteiger partial charge in [0.05, 0.1) is 18.5 Å². The largest absolute Gasteiger partial charge is 0.530 e. The number of alkyl halides is 1. The number of aliphatic hydroxyl groups is 1. The standard InChI is InChI=1S/C22H29FN3O7PS2/c1-22(2,3)20(28)35-12-11-31-34(30,33-14-7-5-4-6-8-14)32-13-15-18(27)17(23)19(36-15)26-10-9-16(24)25-21(26)29/h4-10,15,17-19,27H,11-13H2,1-3H3,(H2,24,25,29)/t15-,17+,18-,19-,34?/m1/s1. The van der Waals surface area contributed by atoms with Gasteiger partial charge in [0, 0.05) is 17.4 Å². The topological polar surface area (TPSA) is 143 Å². The Morgan fingerprint density at radius 3 is 2.61 bits per heavy atom. The van der Waals surface area contributed by atoms with Gasteiger partial charge in [-0.15, -0.1) is 11.8 Å². The second kappa shape index (κ2) is 12.1. The van der Waals surface area contributed by atoms with Crippen LogP contribution in [-0.4, -0.2) is 56.3 Å². The molecule has 5 atom stereocenters. The summed E-state index contributed by atoms with van der Waals surface area (Å²) < 4.78 is 45.7. The van der Waals surface area contributed by atoms with Crippen molar-refractivity contribution >= 4 is 42.3 Å². The molecule has 10 nitrogen and oxygen atoms in total. The molecule has 14 heteroatoms. The third-order valence-electron chi connectivity index (χ3n) is 4.96. The minimum absolute atomic E-state index is 0.00593. The molecule has 2 aromatic rings. The monoisotopic (exact) mass is 561 g/mol. The van der Waals surface area contributed by atoms with Crippen molar-refractivity contribution in [3.8, 4) is 5.75 Å². The summed E-state index contributed by atoms with van der Waals surface area (Å²) in [6.07, 6.45) is -2.04. The maximum atomic E-state index is 14.9. The lowest BCUT2D eigenvalue weighted by Crippen LogP contribution is -2.33. The zero-order valence-corrected chi connectivity index (χ0v) is 22.5. The van der Waals surface area contributed by atoms with Gasteiger partial charge in [-0.3, -0.25) is 18.4 Å². The third kappa shape index (κ3) is 7.56. The van der Waals surface area contributed by atoms with E-state index < -0.39 is 48.4 Å². The number of rotatable bonds is 10. The molecule has 1 aliphatic heterocycles. The van der Waals surface area contributed by atoms with E-state index in [4.69, 9.17) is 19.3 Å². The third-order valence-corrected chi connectivity index (χ3v) is 9.13.